The van der Waals surface area contributed by atoms with Crippen molar-refractivity contribution in [2.45, 2.75) is 103 Å². The van der Waals surface area contributed by atoms with Crippen LogP contribution in [0.4, 0.5) is 10.1 Å². The van der Waals surface area contributed by atoms with E-state index >= 15 is 0 Å². The number of nitrogens with one attached hydrogen (secondary N) is 2. The molecule has 3 amide bonds. The third kappa shape index (κ3) is 4.67. The number of amides is 3. The van der Waals surface area contributed by atoms with Gasteiger partial charge in [0.1, 0.15) is 17.1 Å². The Morgan fingerprint density at radius 2 is 1.83 bits per heavy atom. The molecule has 1 fully saturated rings. The summed E-state index contributed by atoms with van der Waals surface area (Å²) >= 11 is 0. The van der Waals surface area contributed by atoms with E-state index in [2.05, 4.69) is 10.6 Å². The van der Waals surface area contributed by atoms with Crippen molar-refractivity contribution in [1.29, 1.82) is 0 Å². The van der Waals surface area contributed by atoms with Gasteiger partial charge in [0.15, 0.2) is 0 Å². The number of benzene rings is 1. The second-order valence-electron chi connectivity index (χ2n) is 10.4. The van der Waals surface area contributed by atoms with Crippen molar-refractivity contribution < 1.29 is 18.8 Å². The summed E-state index contributed by atoms with van der Waals surface area (Å²) in [5, 5.41) is 6.49. The highest BCUT2D eigenvalue weighted by atomic mass is 19.1. The van der Waals surface area contributed by atoms with Gasteiger partial charge in [-0.3, -0.25) is 14.4 Å². The number of hydrogen-bond donors (Lipinski definition) is 2. The zero-order valence-corrected chi connectivity index (χ0v) is 21.2. The molecule has 2 unspecified atom stereocenters. The molecule has 2 atom stereocenters. The van der Waals surface area contributed by atoms with Gasteiger partial charge >= 0.3 is 0 Å². The first-order valence-electron chi connectivity index (χ1n) is 12.9. The number of rotatable bonds is 5. The molecule has 1 aliphatic heterocycles. The average molecular weight is 485 g/mol. The van der Waals surface area contributed by atoms with Crippen molar-refractivity contribution in [3.05, 3.63) is 29.7 Å². The van der Waals surface area contributed by atoms with Crippen molar-refractivity contribution in [3.63, 3.8) is 0 Å². The SMILES string of the molecule is CCC(C)N1C(=O)c2c(NC(C)=O)c3cc(F)ccc3n2CC1(C)C(=O)NC1CCCCCCC1. The van der Waals surface area contributed by atoms with Crippen LogP contribution < -0.4 is 10.6 Å². The van der Waals surface area contributed by atoms with E-state index in [9.17, 15) is 18.8 Å². The van der Waals surface area contributed by atoms with Crippen LogP contribution in [0.5, 0.6) is 0 Å². The molecule has 0 spiro atoms. The van der Waals surface area contributed by atoms with E-state index in [4.69, 9.17) is 0 Å². The Bertz CT molecular complexity index is 1140. The topological polar surface area (TPSA) is 83.4 Å². The highest BCUT2D eigenvalue weighted by Gasteiger charge is 2.50. The molecule has 2 N–H and O–H groups in total. The number of fused-ring (bicyclic) bond motifs is 3. The fourth-order valence-electron chi connectivity index (χ4n) is 5.73. The largest absolute Gasteiger partial charge is 0.351 e. The van der Waals surface area contributed by atoms with E-state index in [-0.39, 0.29) is 42.0 Å². The van der Waals surface area contributed by atoms with Crippen LogP contribution in [0.15, 0.2) is 18.2 Å². The summed E-state index contributed by atoms with van der Waals surface area (Å²) in [6.07, 6.45) is 8.36. The highest BCUT2D eigenvalue weighted by molar-refractivity contribution is 6.14. The van der Waals surface area contributed by atoms with Gasteiger partial charge in [-0.15, -0.1) is 0 Å². The van der Waals surface area contributed by atoms with E-state index in [0.29, 0.717) is 23.0 Å². The molecule has 2 aliphatic rings. The van der Waals surface area contributed by atoms with Crippen LogP contribution in [0.2, 0.25) is 0 Å². The molecule has 2 heterocycles. The molecule has 35 heavy (non-hydrogen) atoms. The molecule has 190 valence electrons. The van der Waals surface area contributed by atoms with Gasteiger partial charge in [0.25, 0.3) is 5.91 Å². The fraction of sp³-hybridized carbons (Fsp3) is 0.593. The van der Waals surface area contributed by atoms with E-state index in [1.54, 1.807) is 15.5 Å². The number of anilines is 1. The molecule has 1 aliphatic carbocycles. The lowest BCUT2D eigenvalue weighted by Gasteiger charge is -2.47. The third-order valence-electron chi connectivity index (χ3n) is 7.71. The first-order chi connectivity index (χ1) is 16.7. The Balaban J connectivity index is 1.80. The normalized spacial score (nSPS) is 22.3. The molecule has 7 nitrogen and oxygen atoms in total. The van der Waals surface area contributed by atoms with Crippen LogP contribution in [0, 0.1) is 5.82 Å². The van der Waals surface area contributed by atoms with Gasteiger partial charge in [0, 0.05) is 24.4 Å². The van der Waals surface area contributed by atoms with Gasteiger partial charge in [-0.05, 0) is 51.3 Å². The minimum absolute atomic E-state index is 0.0975. The minimum atomic E-state index is -1.13. The molecule has 1 saturated carbocycles. The van der Waals surface area contributed by atoms with Crippen LogP contribution >= 0.6 is 0 Å². The molecular formula is C27H37FN4O3. The maximum atomic E-state index is 14.2. The summed E-state index contributed by atoms with van der Waals surface area (Å²) in [5.41, 5.74) is 0.0767. The monoisotopic (exact) mass is 484 g/mol. The van der Waals surface area contributed by atoms with E-state index in [0.717, 1.165) is 25.7 Å². The zero-order chi connectivity index (χ0) is 25.3. The molecule has 0 radical (unpaired) electrons. The predicted octanol–water partition coefficient (Wildman–Crippen LogP) is 4.98. The van der Waals surface area contributed by atoms with Gasteiger partial charge < -0.3 is 20.1 Å². The van der Waals surface area contributed by atoms with Gasteiger partial charge in [0.2, 0.25) is 11.8 Å². The summed E-state index contributed by atoms with van der Waals surface area (Å²) in [7, 11) is 0. The zero-order valence-electron chi connectivity index (χ0n) is 21.2. The van der Waals surface area contributed by atoms with Gasteiger partial charge in [-0.1, -0.05) is 39.0 Å². The quantitative estimate of drug-likeness (QED) is 0.628. The molecular weight excluding hydrogens is 447 g/mol. The summed E-state index contributed by atoms with van der Waals surface area (Å²) < 4.78 is 16.0. The Morgan fingerprint density at radius 3 is 2.46 bits per heavy atom. The standard InChI is InChI=1S/C27H37FN4O3/c1-5-17(2)32-25(34)24-23(29-18(3)33)21-15-19(28)13-14-22(21)31(24)16-27(32,4)26(35)30-20-11-9-7-6-8-10-12-20/h13-15,17,20H,5-12,16H2,1-4H3,(H,29,33)(H,30,35). The summed E-state index contributed by atoms with van der Waals surface area (Å²) in [6.45, 7) is 7.33. The van der Waals surface area contributed by atoms with Crippen LogP contribution in [-0.2, 0) is 16.1 Å². The predicted molar refractivity (Wildman–Crippen MR) is 135 cm³/mol. The number of halogens is 1. The Kier molecular flexibility index (Phi) is 7.20. The minimum Gasteiger partial charge on any atom is -0.351 e. The van der Waals surface area contributed by atoms with Crippen LogP contribution in [0.1, 0.15) is 89.5 Å². The Hall–Kier alpha value is -2.90. The first kappa shape index (κ1) is 25.2. The number of carbonyl (C=O) groups excluding carboxylic acids is 3. The lowest BCUT2D eigenvalue weighted by Crippen LogP contribution is -2.67. The Labute approximate surface area is 206 Å². The lowest BCUT2D eigenvalue weighted by molar-refractivity contribution is -0.135. The summed E-state index contributed by atoms with van der Waals surface area (Å²) in [6, 6.07) is 4.17. The average Bonchev–Trinajstić information content (AvgIpc) is 3.07. The van der Waals surface area contributed by atoms with Gasteiger partial charge in [0.05, 0.1) is 17.7 Å². The molecule has 1 aromatic carbocycles. The van der Waals surface area contributed by atoms with Crippen molar-refractivity contribution >= 4 is 34.3 Å². The van der Waals surface area contributed by atoms with Crippen molar-refractivity contribution in [3.8, 4) is 0 Å². The van der Waals surface area contributed by atoms with Gasteiger partial charge in [-0.25, -0.2) is 4.39 Å². The van der Waals surface area contributed by atoms with E-state index in [1.165, 1.54) is 38.3 Å². The molecule has 1 aromatic heterocycles. The van der Waals surface area contributed by atoms with Crippen LogP contribution in [0.25, 0.3) is 10.9 Å². The number of aromatic nitrogens is 1. The van der Waals surface area contributed by atoms with E-state index in [1.807, 2.05) is 20.8 Å². The number of nitrogens with zero attached hydrogens (tertiary/aromatic N) is 2. The Morgan fingerprint density at radius 1 is 1.17 bits per heavy atom. The van der Waals surface area contributed by atoms with Crippen LogP contribution in [0.3, 0.4) is 0 Å². The number of carbonyl (C=O) groups is 3. The maximum absolute atomic E-state index is 14.2. The first-order valence-corrected chi connectivity index (χ1v) is 12.9. The second-order valence-corrected chi connectivity index (χ2v) is 10.4. The summed E-state index contributed by atoms with van der Waals surface area (Å²) in [5.74, 6) is -1.29. The molecule has 4 rings (SSSR count). The van der Waals surface area contributed by atoms with Crippen LogP contribution in [-0.4, -0.2) is 44.8 Å². The van der Waals surface area contributed by atoms with Gasteiger partial charge in [-0.2, -0.15) is 0 Å². The third-order valence-corrected chi connectivity index (χ3v) is 7.71. The molecule has 2 aromatic rings. The lowest BCUT2D eigenvalue weighted by atomic mass is 9.90. The van der Waals surface area contributed by atoms with E-state index < -0.39 is 11.4 Å². The number of hydrogen-bond acceptors (Lipinski definition) is 3. The van der Waals surface area contributed by atoms with Crippen molar-refractivity contribution in [2.75, 3.05) is 5.32 Å². The molecule has 0 saturated heterocycles. The highest BCUT2D eigenvalue weighted by Crippen LogP contribution is 2.40. The van der Waals surface area contributed by atoms with Crippen molar-refractivity contribution in [2.24, 2.45) is 0 Å². The molecule has 0 bridgehead atoms. The molecule has 8 heteroatoms. The second kappa shape index (κ2) is 9.99. The maximum Gasteiger partial charge on any atom is 0.273 e. The smallest absolute Gasteiger partial charge is 0.273 e. The summed E-state index contributed by atoms with van der Waals surface area (Å²) in [4.78, 5) is 41.6. The fourth-order valence-corrected chi connectivity index (χ4v) is 5.73. The van der Waals surface area contributed by atoms with Crippen molar-refractivity contribution in [1.82, 2.24) is 14.8 Å².